The lowest BCUT2D eigenvalue weighted by Crippen LogP contribution is -2.30. The van der Waals surface area contributed by atoms with E-state index in [0.29, 0.717) is 11.2 Å². The molecule has 0 N–H and O–H groups in total. The summed E-state index contributed by atoms with van der Waals surface area (Å²) in [4.78, 5) is 4.75. The van der Waals surface area contributed by atoms with Crippen molar-refractivity contribution in [1.82, 2.24) is 4.48 Å². The van der Waals surface area contributed by atoms with Gasteiger partial charge in [0.25, 0.3) is 0 Å². The molecule has 2 nitrogen and oxygen atoms in total. The molecular formula is C39H40BFN2. The zero-order valence-corrected chi connectivity index (χ0v) is 26.6. The molecule has 5 rings (SSSR count). The van der Waals surface area contributed by atoms with E-state index in [4.69, 9.17) is 4.99 Å². The molecule has 0 radical (unpaired) electrons. The molecule has 5 aromatic rings. The summed E-state index contributed by atoms with van der Waals surface area (Å²) < 4.78 is 16.8. The maximum atomic E-state index is 15.1. The lowest BCUT2D eigenvalue weighted by atomic mass is 9.89. The number of pyridine rings is 1. The van der Waals surface area contributed by atoms with Gasteiger partial charge >= 0.3 is 7.12 Å². The number of rotatable bonds is 6. The number of aryl methyl sites for hydroxylation is 7. The topological polar surface area (TPSA) is 17.3 Å². The van der Waals surface area contributed by atoms with E-state index in [2.05, 4.69) is 110 Å². The van der Waals surface area contributed by atoms with Crippen molar-refractivity contribution < 1.29 is 4.32 Å². The third-order valence-electron chi connectivity index (χ3n) is 8.23. The van der Waals surface area contributed by atoms with Crippen LogP contribution >= 0.6 is 0 Å². The summed E-state index contributed by atoms with van der Waals surface area (Å²) in [5.41, 5.74) is 16.5. The predicted octanol–water partition coefficient (Wildman–Crippen LogP) is 10.2. The molecule has 0 fully saturated rings. The summed E-state index contributed by atoms with van der Waals surface area (Å²) in [5.74, 6) is 0. The fraction of sp³-hybridized carbons (Fsp3) is 0.205. The number of hydrogen-bond donors (Lipinski definition) is 0. The number of benzene rings is 4. The molecule has 0 saturated carbocycles. The van der Waals surface area contributed by atoms with Crippen LogP contribution in [0.1, 0.15) is 44.5 Å². The van der Waals surface area contributed by atoms with E-state index in [-0.39, 0.29) is 0 Å². The monoisotopic (exact) mass is 566 g/mol. The molecule has 0 atom stereocenters. The molecule has 0 aliphatic carbocycles. The van der Waals surface area contributed by atoms with Gasteiger partial charge in [-0.3, -0.25) is 0 Å². The molecule has 4 heteroatoms. The Balaban J connectivity index is 1.51. The first kappa shape index (κ1) is 30.0. The van der Waals surface area contributed by atoms with Crippen LogP contribution in [0.5, 0.6) is 0 Å². The van der Waals surface area contributed by atoms with Crippen LogP contribution in [0.4, 0.5) is 4.32 Å². The van der Waals surface area contributed by atoms with Gasteiger partial charge in [0, 0.05) is 5.52 Å². The Morgan fingerprint density at radius 3 is 1.79 bits per heavy atom. The highest BCUT2D eigenvalue weighted by Crippen LogP contribution is 2.32. The third-order valence-corrected chi connectivity index (χ3v) is 8.23. The SMILES string of the molecule is C=C(/C=C\c1cc(-c2c(C)cc(C)cc2C)ccc1C)N=c1ccc2cc(-c3c(C)cc(C)cc3C)ccc2n1B(C)F. The highest BCUT2D eigenvalue weighted by molar-refractivity contribution is 6.48. The van der Waals surface area contributed by atoms with E-state index < -0.39 is 7.12 Å². The average molecular weight is 567 g/mol. The van der Waals surface area contributed by atoms with Gasteiger partial charge in [0.1, 0.15) is 5.49 Å². The van der Waals surface area contributed by atoms with Gasteiger partial charge in [-0.25, -0.2) is 4.99 Å². The second-order valence-electron chi connectivity index (χ2n) is 12.0. The van der Waals surface area contributed by atoms with E-state index in [1.54, 1.807) is 11.3 Å². The van der Waals surface area contributed by atoms with Gasteiger partial charge in [-0.15, -0.1) is 0 Å². The minimum atomic E-state index is -1.26. The Morgan fingerprint density at radius 1 is 0.698 bits per heavy atom. The first-order valence-electron chi connectivity index (χ1n) is 14.9. The molecule has 0 saturated heterocycles. The van der Waals surface area contributed by atoms with Gasteiger partial charge in [-0.2, -0.15) is 0 Å². The molecule has 216 valence electrons. The molecule has 0 unspecified atom stereocenters. The quantitative estimate of drug-likeness (QED) is 0.144. The van der Waals surface area contributed by atoms with Crippen molar-refractivity contribution in [3.63, 3.8) is 0 Å². The fourth-order valence-corrected chi connectivity index (χ4v) is 6.51. The van der Waals surface area contributed by atoms with E-state index in [1.165, 1.54) is 55.6 Å². The average Bonchev–Trinajstić information content (AvgIpc) is 2.91. The van der Waals surface area contributed by atoms with Gasteiger partial charge in [0.05, 0.1) is 5.70 Å². The van der Waals surface area contributed by atoms with E-state index >= 15 is 4.32 Å². The van der Waals surface area contributed by atoms with E-state index in [9.17, 15) is 0 Å². The Hall–Kier alpha value is -4.44. The predicted molar refractivity (Wildman–Crippen MR) is 184 cm³/mol. The van der Waals surface area contributed by atoms with Crippen LogP contribution in [0.25, 0.3) is 39.2 Å². The smallest absolute Gasteiger partial charge is 0.341 e. The first-order valence-corrected chi connectivity index (χ1v) is 14.9. The molecule has 0 amide bonds. The van der Waals surface area contributed by atoms with Gasteiger partial charge in [0.15, 0.2) is 0 Å². The van der Waals surface area contributed by atoms with Crippen LogP contribution in [0.15, 0.2) is 96.1 Å². The van der Waals surface area contributed by atoms with Crippen LogP contribution in [0.3, 0.4) is 0 Å². The Kier molecular flexibility index (Phi) is 8.42. The molecule has 1 heterocycles. The van der Waals surface area contributed by atoms with Crippen molar-refractivity contribution in [2.45, 2.75) is 55.3 Å². The van der Waals surface area contributed by atoms with Crippen molar-refractivity contribution in [2.24, 2.45) is 4.99 Å². The normalized spacial score (nSPS) is 12.0. The standard InChI is InChI=1S/C39H40BFN2/c1-24-18-27(4)38(28(5)19-24)34-12-10-26(3)32(22-34)13-11-31(8)42-37-17-15-33-23-35(14-16-36(33)43(37)40(9)41)39-29(6)20-25(2)21-30(39)7/h10-23H,8H2,1-7,9H3/b13-11-,42-37?. The highest BCUT2D eigenvalue weighted by Gasteiger charge is 2.15. The van der Waals surface area contributed by atoms with Crippen LogP contribution in [-0.2, 0) is 0 Å². The second-order valence-corrected chi connectivity index (χ2v) is 12.0. The summed E-state index contributed by atoms with van der Waals surface area (Å²) >= 11 is 0. The largest absolute Gasteiger partial charge is 0.463 e. The van der Waals surface area contributed by atoms with E-state index in [1.807, 2.05) is 30.4 Å². The van der Waals surface area contributed by atoms with Crippen molar-refractivity contribution in [2.75, 3.05) is 0 Å². The number of aromatic nitrogens is 1. The zero-order valence-electron chi connectivity index (χ0n) is 26.6. The molecule has 0 aliphatic heterocycles. The van der Waals surface area contributed by atoms with Gasteiger partial charge in [-0.05, 0) is 153 Å². The molecular weight excluding hydrogens is 526 g/mol. The molecule has 1 aromatic heterocycles. The minimum Gasteiger partial charge on any atom is -0.341 e. The molecule has 0 spiro atoms. The van der Waals surface area contributed by atoms with Crippen LogP contribution in [0.2, 0.25) is 6.82 Å². The number of hydrogen-bond acceptors (Lipinski definition) is 1. The van der Waals surface area contributed by atoms with Crippen LogP contribution < -0.4 is 5.49 Å². The van der Waals surface area contributed by atoms with Crippen LogP contribution in [-0.4, -0.2) is 11.6 Å². The summed E-state index contributed by atoms with van der Waals surface area (Å²) in [7, 11) is -1.26. The minimum absolute atomic E-state index is 0.531. The second kappa shape index (κ2) is 12.0. The van der Waals surface area contributed by atoms with Crippen molar-refractivity contribution in [3.05, 3.63) is 141 Å². The highest BCUT2D eigenvalue weighted by atomic mass is 19.1. The van der Waals surface area contributed by atoms with Gasteiger partial charge in [-0.1, -0.05) is 66.2 Å². The van der Waals surface area contributed by atoms with Gasteiger partial charge in [0.2, 0.25) is 0 Å². The lowest BCUT2D eigenvalue weighted by molar-refractivity contribution is 0.791. The first-order chi connectivity index (χ1) is 20.4. The number of fused-ring (bicyclic) bond motifs is 1. The Bertz CT molecular complexity index is 1950. The lowest BCUT2D eigenvalue weighted by Gasteiger charge is -2.15. The Labute approximate surface area is 256 Å². The summed E-state index contributed by atoms with van der Waals surface area (Å²) in [6, 6.07) is 25.6. The maximum absolute atomic E-state index is 15.1. The van der Waals surface area contributed by atoms with E-state index in [0.717, 1.165) is 22.0 Å². The van der Waals surface area contributed by atoms with Crippen molar-refractivity contribution >= 4 is 24.1 Å². The molecule has 43 heavy (non-hydrogen) atoms. The van der Waals surface area contributed by atoms with Crippen molar-refractivity contribution in [1.29, 1.82) is 0 Å². The maximum Gasteiger partial charge on any atom is 0.463 e. The zero-order chi connectivity index (χ0) is 31.0. The van der Waals surface area contributed by atoms with Crippen LogP contribution in [0, 0.1) is 48.5 Å². The number of nitrogens with zero attached hydrogens (tertiary/aromatic N) is 2. The summed E-state index contributed by atoms with van der Waals surface area (Å²) in [6.45, 7) is 20.7. The third kappa shape index (κ3) is 6.20. The fourth-order valence-electron chi connectivity index (χ4n) is 6.51. The summed E-state index contributed by atoms with van der Waals surface area (Å²) in [5, 5.41) is 0.968. The van der Waals surface area contributed by atoms with Gasteiger partial charge < -0.3 is 8.79 Å². The molecule has 0 bridgehead atoms. The summed E-state index contributed by atoms with van der Waals surface area (Å²) in [6.07, 6.45) is 3.96. The molecule has 0 aliphatic rings. The Morgan fingerprint density at radius 2 is 1.23 bits per heavy atom. The van der Waals surface area contributed by atoms with Crippen molar-refractivity contribution in [3.8, 4) is 22.3 Å². The number of halogens is 1. The molecule has 4 aromatic carbocycles. The number of allylic oxidation sites excluding steroid dienone is 1.